The van der Waals surface area contributed by atoms with Gasteiger partial charge in [-0.15, -0.1) is 0 Å². The Labute approximate surface area is 176 Å². The number of hydrogen-bond donors (Lipinski definition) is 1. The molecule has 0 aromatic heterocycles. The molecule has 5 nitrogen and oxygen atoms in total. The second kappa shape index (κ2) is 9.03. The topological polar surface area (TPSA) is 60.9 Å². The molecule has 5 heteroatoms. The summed E-state index contributed by atoms with van der Waals surface area (Å²) in [6, 6.07) is 26.9. The van der Waals surface area contributed by atoms with Crippen LogP contribution in [0.1, 0.15) is 31.8 Å². The second-order valence-corrected chi connectivity index (χ2v) is 7.56. The number of hydrogen-bond acceptors (Lipinski definition) is 4. The number of nitrogens with zero attached hydrogens (tertiary/aromatic N) is 2. The van der Waals surface area contributed by atoms with Crippen LogP contribution in [0.5, 0.6) is 0 Å². The molecule has 2 amide bonds. The number of fused-ring (bicyclic) bond motifs is 1. The van der Waals surface area contributed by atoms with E-state index in [0.29, 0.717) is 30.8 Å². The highest BCUT2D eigenvalue weighted by Crippen LogP contribution is 2.22. The predicted molar refractivity (Wildman–Crippen MR) is 115 cm³/mol. The summed E-state index contributed by atoms with van der Waals surface area (Å²) in [7, 11) is 0. The summed E-state index contributed by atoms with van der Waals surface area (Å²) in [6.07, 6.45) is -0.848. The number of benzene rings is 3. The zero-order chi connectivity index (χ0) is 20.9. The SMILES string of the molecule is O=C1c2ccccc2C(=O)N1C[C@H](O)CN(Cc1ccccc1)Cc1ccccc1. The quantitative estimate of drug-likeness (QED) is 0.589. The van der Waals surface area contributed by atoms with E-state index < -0.39 is 6.10 Å². The minimum absolute atomic E-state index is 0.0214. The molecular weight excluding hydrogens is 376 g/mol. The van der Waals surface area contributed by atoms with Crippen molar-refractivity contribution >= 4 is 11.8 Å². The van der Waals surface area contributed by atoms with Crippen LogP contribution in [0.25, 0.3) is 0 Å². The zero-order valence-corrected chi connectivity index (χ0v) is 16.6. The van der Waals surface area contributed by atoms with Gasteiger partial charge in [-0.25, -0.2) is 0 Å². The molecule has 0 spiro atoms. The third kappa shape index (κ3) is 4.48. The lowest BCUT2D eigenvalue weighted by Gasteiger charge is -2.27. The Morgan fingerprint density at radius 3 is 1.60 bits per heavy atom. The maximum absolute atomic E-state index is 12.6. The lowest BCUT2D eigenvalue weighted by atomic mass is 10.1. The van der Waals surface area contributed by atoms with Gasteiger partial charge in [-0.2, -0.15) is 0 Å². The number of carbonyl (C=O) groups is 2. The van der Waals surface area contributed by atoms with Crippen molar-refractivity contribution in [3.8, 4) is 0 Å². The van der Waals surface area contributed by atoms with E-state index in [2.05, 4.69) is 29.2 Å². The second-order valence-electron chi connectivity index (χ2n) is 7.56. The zero-order valence-electron chi connectivity index (χ0n) is 16.6. The van der Waals surface area contributed by atoms with Crippen molar-refractivity contribution < 1.29 is 14.7 Å². The Hall–Kier alpha value is -3.28. The van der Waals surface area contributed by atoms with Crippen molar-refractivity contribution in [1.82, 2.24) is 9.80 Å². The molecule has 1 atom stereocenters. The van der Waals surface area contributed by atoms with Crippen LogP contribution in [0, 0.1) is 0 Å². The molecule has 1 N–H and O–H groups in total. The molecule has 0 aliphatic carbocycles. The van der Waals surface area contributed by atoms with Crippen LogP contribution in [0.3, 0.4) is 0 Å². The number of aliphatic hydroxyl groups excluding tert-OH is 1. The lowest BCUT2D eigenvalue weighted by molar-refractivity contribution is 0.0458. The summed E-state index contributed by atoms with van der Waals surface area (Å²) in [4.78, 5) is 28.5. The van der Waals surface area contributed by atoms with Crippen LogP contribution in [0.15, 0.2) is 84.9 Å². The largest absolute Gasteiger partial charge is 0.390 e. The van der Waals surface area contributed by atoms with Crippen molar-refractivity contribution in [2.75, 3.05) is 13.1 Å². The van der Waals surface area contributed by atoms with Crippen LogP contribution in [-0.2, 0) is 13.1 Å². The molecule has 0 saturated heterocycles. The normalized spacial score (nSPS) is 14.3. The van der Waals surface area contributed by atoms with Gasteiger partial charge in [-0.3, -0.25) is 19.4 Å². The van der Waals surface area contributed by atoms with Gasteiger partial charge in [0, 0.05) is 19.6 Å². The molecule has 0 bridgehead atoms. The van der Waals surface area contributed by atoms with E-state index in [1.807, 2.05) is 36.4 Å². The first-order valence-corrected chi connectivity index (χ1v) is 10.1. The van der Waals surface area contributed by atoms with Crippen molar-refractivity contribution in [3.05, 3.63) is 107 Å². The van der Waals surface area contributed by atoms with Crippen LogP contribution >= 0.6 is 0 Å². The Kier molecular flexibility index (Phi) is 6.02. The smallest absolute Gasteiger partial charge is 0.261 e. The molecule has 0 unspecified atom stereocenters. The van der Waals surface area contributed by atoms with Gasteiger partial charge >= 0.3 is 0 Å². The van der Waals surface area contributed by atoms with Gasteiger partial charge in [0.2, 0.25) is 0 Å². The molecule has 1 aliphatic rings. The standard InChI is InChI=1S/C25H24N2O3/c28-21(18-27-24(29)22-13-7-8-14-23(22)25(27)30)17-26(15-19-9-3-1-4-10-19)16-20-11-5-2-6-12-20/h1-14,21,28H,15-18H2/t21-/m1/s1. The van der Waals surface area contributed by atoms with Crippen LogP contribution in [0.2, 0.25) is 0 Å². The van der Waals surface area contributed by atoms with Crippen LogP contribution in [0.4, 0.5) is 0 Å². The van der Waals surface area contributed by atoms with E-state index in [1.54, 1.807) is 24.3 Å². The number of imide groups is 1. The van der Waals surface area contributed by atoms with Gasteiger partial charge in [-0.05, 0) is 23.3 Å². The first-order valence-electron chi connectivity index (χ1n) is 10.1. The summed E-state index contributed by atoms with van der Waals surface area (Å²) in [5.74, 6) is -0.681. The Bertz CT molecular complexity index is 944. The third-order valence-electron chi connectivity index (χ3n) is 5.24. The molecule has 3 aromatic carbocycles. The first-order chi connectivity index (χ1) is 14.6. The van der Waals surface area contributed by atoms with Crippen molar-refractivity contribution in [3.63, 3.8) is 0 Å². The van der Waals surface area contributed by atoms with Gasteiger partial charge < -0.3 is 5.11 Å². The molecule has 1 heterocycles. The predicted octanol–water partition coefficient (Wildman–Crippen LogP) is 3.35. The van der Waals surface area contributed by atoms with Crippen LogP contribution < -0.4 is 0 Å². The highest BCUT2D eigenvalue weighted by atomic mass is 16.3. The number of aliphatic hydroxyl groups is 1. The fraction of sp³-hybridized carbons (Fsp3) is 0.200. The van der Waals surface area contributed by atoms with E-state index in [-0.39, 0.29) is 18.4 Å². The third-order valence-corrected chi connectivity index (χ3v) is 5.24. The summed E-state index contributed by atoms with van der Waals surface area (Å²) in [5.41, 5.74) is 3.09. The summed E-state index contributed by atoms with van der Waals surface area (Å²) >= 11 is 0. The van der Waals surface area contributed by atoms with Gasteiger partial charge in [0.25, 0.3) is 11.8 Å². The summed E-state index contributed by atoms with van der Waals surface area (Å²) in [5, 5.41) is 10.8. The monoisotopic (exact) mass is 400 g/mol. The van der Waals surface area contributed by atoms with Gasteiger partial charge in [0.1, 0.15) is 0 Å². The maximum Gasteiger partial charge on any atom is 0.261 e. The molecular formula is C25H24N2O3. The van der Waals surface area contributed by atoms with E-state index in [1.165, 1.54) is 0 Å². The highest BCUT2D eigenvalue weighted by Gasteiger charge is 2.36. The average molecular weight is 400 g/mol. The first kappa shape index (κ1) is 20.0. The van der Waals surface area contributed by atoms with Crippen LogP contribution in [-0.4, -0.2) is 45.9 Å². The highest BCUT2D eigenvalue weighted by molar-refractivity contribution is 6.21. The van der Waals surface area contributed by atoms with Gasteiger partial charge in [0.15, 0.2) is 0 Å². The number of carbonyl (C=O) groups excluding carboxylic acids is 2. The van der Waals surface area contributed by atoms with Crippen molar-refractivity contribution in [1.29, 1.82) is 0 Å². The van der Waals surface area contributed by atoms with E-state index >= 15 is 0 Å². The number of amides is 2. The maximum atomic E-state index is 12.6. The number of β-amino-alcohol motifs (C(OH)–C–C–N with tert-alkyl or cyclic N) is 1. The lowest BCUT2D eigenvalue weighted by Crippen LogP contribution is -2.42. The van der Waals surface area contributed by atoms with Gasteiger partial charge in [0.05, 0.1) is 23.8 Å². The molecule has 152 valence electrons. The molecule has 0 radical (unpaired) electrons. The van der Waals surface area contributed by atoms with E-state index in [4.69, 9.17) is 0 Å². The molecule has 30 heavy (non-hydrogen) atoms. The van der Waals surface area contributed by atoms with E-state index in [9.17, 15) is 14.7 Å². The minimum Gasteiger partial charge on any atom is -0.390 e. The molecule has 0 fully saturated rings. The minimum atomic E-state index is -0.848. The Morgan fingerprint density at radius 2 is 1.13 bits per heavy atom. The molecule has 0 saturated carbocycles. The van der Waals surface area contributed by atoms with Crippen molar-refractivity contribution in [2.45, 2.75) is 19.2 Å². The summed E-state index contributed by atoms with van der Waals surface area (Å²) in [6.45, 7) is 1.65. The van der Waals surface area contributed by atoms with Crippen molar-refractivity contribution in [2.24, 2.45) is 0 Å². The molecule has 3 aromatic rings. The van der Waals surface area contributed by atoms with Gasteiger partial charge in [-0.1, -0.05) is 72.8 Å². The fourth-order valence-electron chi connectivity index (χ4n) is 3.84. The fourth-order valence-corrected chi connectivity index (χ4v) is 3.84. The molecule has 4 rings (SSSR count). The Morgan fingerprint density at radius 1 is 0.700 bits per heavy atom. The van der Waals surface area contributed by atoms with E-state index in [0.717, 1.165) is 16.0 Å². The molecule has 1 aliphatic heterocycles. The average Bonchev–Trinajstić information content (AvgIpc) is 3.00. The summed E-state index contributed by atoms with van der Waals surface area (Å²) < 4.78 is 0. The Balaban J connectivity index is 1.45. The number of rotatable bonds is 8.